The summed E-state index contributed by atoms with van der Waals surface area (Å²) < 4.78 is 50.1. The lowest BCUT2D eigenvalue weighted by Gasteiger charge is -2.18. The van der Waals surface area contributed by atoms with Gasteiger partial charge >= 0.3 is 0 Å². The van der Waals surface area contributed by atoms with E-state index in [-0.39, 0.29) is 25.0 Å². The molecule has 2 aromatic carbocycles. The van der Waals surface area contributed by atoms with Crippen molar-refractivity contribution in [3.05, 3.63) is 59.7 Å². The Morgan fingerprint density at radius 1 is 1.00 bits per heavy atom. The highest BCUT2D eigenvalue weighted by Crippen LogP contribution is 2.21. The first-order chi connectivity index (χ1) is 15.5. The number of unbranched alkanes of at least 4 members (excludes halogenated alkanes) is 1. The van der Waals surface area contributed by atoms with E-state index in [2.05, 4.69) is 5.32 Å². The van der Waals surface area contributed by atoms with Crippen LogP contribution in [0.5, 0.6) is 11.5 Å². The minimum absolute atomic E-state index is 0.172. The fraction of sp³-hybridized carbons (Fsp3) is 0.391. The Kier molecular flexibility index (Phi) is 10.5. The van der Waals surface area contributed by atoms with Gasteiger partial charge in [-0.05, 0) is 56.1 Å². The van der Waals surface area contributed by atoms with E-state index in [9.17, 15) is 22.8 Å². The number of ether oxygens (including phenoxy) is 2. The van der Waals surface area contributed by atoms with Gasteiger partial charge in [0.05, 0.1) is 19.3 Å². The summed E-state index contributed by atoms with van der Waals surface area (Å²) >= 11 is 0. The molecule has 0 saturated heterocycles. The number of para-hydroxylation sites is 1. The molecule has 0 unspecified atom stereocenters. The molecule has 0 bridgehead atoms. The van der Waals surface area contributed by atoms with Crippen LogP contribution in [0.2, 0.25) is 0 Å². The summed E-state index contributed by atoms with van der Waals surface area (Å²) in [5.41, 5.74) is 5.75. The van der Waals surface area contributed by atoms with Crippen molar-refractivity contribution in [2.45, 2.75) is 31.7 Å². The Morgan fingerprint density at radius 2 is 1.72 bits per heavy atom. The quantitative estimate of drug-likeness (QED) is 0.428. The zero-order chi connectivity index (χ0) is 23.3. The van der Waals surface area contributed by atoms with Gasteiger partial charge < -0.3 is 20.5 Å². The van der Waals surface area contributed by atoms with Gasteiger partial charge in [-0.25, -0.2) is 8.78 Å². The molecule has 0 heterocycles. The van der Waals surface area contributed by atoms with Crippen molar-refractivity contribution in [1.82, 2.24) is 5.32 Å². The van der Waals surface area contributed by atoms with Crippen LogP contribution < -0.4 is 20.5 Å². The molecule has 0 spiro atoms. The summed E-state index contributed by atoms with van der Waals surface area (Å²) in [5, 5.41) is 2.64. The van der Waals surface area contributed by atoms with Crippen LogP contribution in [-0.4, -0.2) is 44.2 Å². The molecule has 2 rings (SSSR count). The lowest BCUT2D eigenvalue weighted by Crippen LogP contribution is -2.43. The Bertz CT molecular complexity index is 875. The fourth-order valence-corrected chi connectivity index (χ4v) is 2.88. The van der Waals surface area contributed by atoms with Gasteiger partial charge in [0.2, 0.25) is 0 Å². The minimum Gasteiger partial charge on any atom is -0.493 e. The summed E-state index contributed by atoms with van der Waals surface area (Å²) in [5.74, 6) is -3.16. The molecule has 0 aromatic heterocycles. The smallest absolute Gasteiger partial charge is 0.251 e. The van der Waals surface area contributed by atoms with Crippen LogP contribution in [0.4, 0.5) is 13.2 Å². The van der Waals surface area contributed by atoms with E-state index in [0.29, 0.717) is 25.1 Å². The number of halogens is 3. The third-order valence-electron chi connectivity index (χ3n) is 4.56. The largest absolute Gasteiger partial charge is 0.493 e. The van der Waals surface area contributed by atoms with Crippen LogP contribution in [0.25, 0.3) is 0 Å². The molecule has 6 nitrogen and oxygen atoms in total. The Balaban J connectivity index is 2.05. The topological polar surface area (TPSA) is 90.6 Å². The normalized spacial score (nSPS) is 11.6. The Labute approximate surface area is 184 Å². The number of hydrogen-bond acceptors (Lipinski definition) is 5. The van der Waals surface area contributed by atoms with Crippen molar-refractivity contribution in [2.75, 3.05) is 26.4 Å². The van der Waals surface area contributed by atoms with Crippen LogP contribution in [0.3, 0.4) is 0 Å². The number of benzene rings is 2. The van der Waals surface area contributed by atoms with Gasteiger partial charge in [-0.2, -0.15) is 0 Å². The molecule has 3 N–H and O–H groups in total. The van der Waals surface area contributed by atoms with E-state index in [4.69, 9.17) is 15.2 Å². The summed E-state index contributed by atoms with van der Waals surface area (Å²) in [6.45, 7) is -0.529. The minimum atomic E-state index is -0.931. The zero-order valence-corrected chi connectivity index (χ0v) is 17.6. The second kappa shape index (κ2) is 13.4. The van der Waals surface area contributed by atoms with E-state index in [0.717, 1.165) is 12.1 Å². The summed E-state index contributed by atoms with van der Waals surface area (Å²) in [6, 6.07) is 8.57. The molecule has 0 aliphatic rings. The number of nitrogens with two attached hydrogens (primary N) is 1. The Hall–Kier alpha value is -3.07. The number of alkyl halides is 1. The molecule has 0 fully saturated rings. The molecular formula is C23H27F3N2O4. The van der Waals surface area contributed by atoms with E-state index < -0.39 is 48.4 Å². The summed E-state index contributed by atoms with van der Waals surface area (Å²) in [6.07, 6.45) is 1.72. The van der Waals surface area contributed by atoms with Crippen LogP contribution >= 0.6 is 0 Å². The van der Waals surface area contributed by atoms with Gasteiger partial charge in [0.25, 0.3) is 5.91 Å². The van der Waals surface area contributed by atoms with E-state index in [1.807, 2.05) is 0 Å². The second-order valence-corrected chi connectivity index (χ2v) is 7.04. The third-order valence-corrected chi connectivity index (χ3v) is 4.56. The number of carbonyl (C=O) groups excluding carboxylic acids is 2. The van der Waals surface area contributed by atoms with Crippen molar-refractivity contribution < 1.29 is 32.2 Å². The highest BCUT2D eigenvalue weighted by atomic mass is 19.1. The molecule has 0 aliphatic carbocycles. The lowest BCUT2D eigenvalue weighted by atomic mass is 10.0. The molecule has 0 aliphatic heterocycles. The van der Waals surface area contributed by atoms with E-state index in [1.54, 1.807) is 18.2 Å². The maximum Gasteiger partial charge on any atom is 0.251 e. The Morgan fingerprint density at radius 3 is 2.41 bits per heavy atom. The molecule has 0 saturated carbocycles. The molecule has 32 heavy (non-hydrogen) atoms. The number of nitrogens with one attached hydrogen (secondary N) is 1. The second-order valence-electron chi connectivity index (χ2n) is 7.04. The van der Waals surface area contributed by atoms with Crippen molar-refractivity contribution in [3.8, 4) is 11.5 Å². The lowest BCUT2D eigenvalue weighted by molar-refractivity contribution is -0.123. The van der Waals surface area contributed by atoms with E-state index in [1.165, 1.54) is 12.1 Å². The number of ketones is 1. The predicted molar refractivity (Wildman–Crippen MR) is 114 cm³/mol. The van der Waals surface area contributed by atoms with Crippen molar-refractivity contribution >= 4 is 11.7 Å². The summed E-state index contributed by atoms with van der Waals surface area (Å²) in [7, 11) is 0. The number of amides is 1. The average Bonchev–Trinajstić information content (AvgIpc) is 2.78. The molecule has 2 aromatic rings. The number of rotatable bonds is 14. The van der Waals surface area contributed by atoms with Gasteiger partial charge in [0.1, 0.15) is 12.4 Å². The van der Waals surface area contributed by atoms with Crippen LogP contribution in [0.15, 0.2) is 42.5 Å². The highest BCUT2D eigenvalue weighted by Gasteiger charge is 2.23. The van der Waals surface area contributed by atoms with Crippen LogP contribution in [0, 0.1) is 11.6 Å². The van der Waals surface area contributed by atoms with Crippen molar-refractivity contribution in [3.63, 3.8) is 0 Å². The first-order valence-electron chi connectivity index (χ1n) is 10.4. The maximum absolute atomic E-state index is 13.7. The average molecular weight is 452 g/mol. The number of Topliss-reactive ketones (excluding diaryl/α,β-unsaturated/α-hetero) is 1. The molecular weight excluding hydrogens is 425 g/mol. The fourth-order valence-electron chi connectivity index (χ4n) is 2.88. The van der Waals surface area contributed by atoms with Gasteiger partial charge in [-0.1, -0.05) is 12.1 Å². The van der Waals surface area contributed by atoms with Crippen molar-refractivity contribution in [2.24, 2.45) is 5.73 Å². The molecule has 0 radical (unpaired) electrons. The molecule has 9 heteroatoms. The van der Waals surface area contributed by atoms with Gasteiger partial charge in [0.15, 0.2) is 23.2 Å². The van der Waals surface area contributed by atoms with Crippen LogP contribution in [-0.2, 0) is 4.79 Å². The summed E-state index contributed by atoms with van der Waals surface area (Å²) in [4.78, 5) is 25.4. The first kappa shape index (κ1) is 25.2. The molecule has 1 amide bonds. The molecule has 1 atom stereocenters. The standard InChI is InChI=1S/C23H27F3N2O4/c24-11-5-13-31-17-7-3-6-16(14-17)23(30)28-20(10-1-2-12-27)21(29)15-32-22-18(25)8-4-9-19(22)26/h3-4,6-9,14,20H,1-2,5,10-13,15,27H2,(H,28,30)/t20-/m0/s1. The number of carbonyl (C=O) groups is 2. The first-order valence-corrected chi connectivity index (χ1v) is 10.4. The highest BCUT2D eigenvalue weighted by molar-refractivity contribution is 5.98. The third kappa shape index (κ3) is 7.88. The van der Waals surface area contributed by atoms with Crippen molar-refractivity contribution in [1.29, 1.82) is 0 Å². The zero-order valence-electron chi connectivity index (χ0n) is 17.6. The van der Waals surface area contributed by atoms with Gasteiger partial charge in [0, 0.05) is 12.0 Å². The van der Waals surface area contributed by atoms with Gasteiger partial charge in [-0.15, -0.1) is 0 Å². The van der Waals surface area contributed by atoms with Crippen LogP contribution in [0.1, 0.15) is 36.0 Å². The number of hydrogen-bond donors (Lipinski definition) is 2. The SMILES string of the molecule is NCCCC[C@H](NC(=O)c1cccc(OCCCF)c1)C(=O)COc1c(F)cccc1F. The monoisotopic (exact) mass is 452 g/mol. The van der Waals surface area contributed by atoms with E-state index >= 15 is 0 Å². The maximum atomic E-state index is 13.7. The van der Waals surface area contributed by atoms with Gasteiger partial charge in [-0.3, -0.25) is 14.0 Å². The predicted octanol–water partition coefficient (Wildman–Crippen LogP) is 3.58. The molecule has 174 valence electrons.